The highest BCUT2D eigenvalue weighted by Crippen LogP contribution is 2.37. The molecule has 0 saturated heterocycles. The fourth-order valence-corrected chi connectivity index (χ4v) is 1.10. The van der Waals surface area contributed by atoms with E-state index in [-0.39, 0.29) is 0 Å². The molecule has 0 spiro atoms. The van der Waals surface area contributed by atoms with Crippen molar-refractivity contribution in [3.8, 4) is 6.07 Å². The van der Waals surface area contributed by atoms with E-state index < -0.39 is 35.2 Å². The summed E-state index contributed by atoms with van der Waals surface area (Å²) in [6.07, 6.45) is -8.52. The molecule has 0 aliphatic rings. The van der Waals surface area contributed by atoms with Crippen LogP contribution in [0.3, 0.4) is 0 Å². The molecule has 0 atom stereocenters. The Morgan fingerprint density at radius 3 is 2.31 bits per heavy atom. The molecule has 0 saturated carbocycles. The monoisotopic (exact) mass is 237 g/mol. The predicted octanol–water partition coefficient (Wildman–Crippen LogP) is 2.49. The van der Waals surface area contributed by atoms with Crippen molar-refractivity contribution in [3.05, 3.63) is 22.9 Å². The van der Waals surface area contributed by atoms with E-state index in [9.17, 15) is 22.0 Å². The normalized spacial score (nSPS) is 11.6. The number of hydrogen-bond acceptors (Lipinski definition) is 3. The lowest BCUT2D eigenvalue weighted by Crippen LogP contribution is -2.15. The number of nitrogen functional groups attached to an aromatic ring is 1. The maximum absolute atomic E-state index is 12.4. The lowest BCUT2D eigenvalue weighted by molar-refractivity contribution is -0.143. The number of nitrogens with zero attached hydrogens (tertiary/aromatic N) is 2. The van der Waals surface area contributed by atoms with Crippen LogP contribution in [0.15, 0.2) is 6.07 Å². The Hall–Kier alpha value is -1.91. The average molecular weight is 237 g/mol. The molecule has 0 radical (unpaired) electrons. The molecule has 0 amide bonds. The van der Waals surface area contributed by atoms with Gasteiger partial charge in [0.1, 0.15) is 5.82 Å². The van der Waals surface area contributed by atoms with E-state index >= 15 is 0 Å². The van der Waals surface area contributed by atoms with Crippen molar-refractivity contribution in [3.63, 3.8) is 0 Å². The van der Waals surface area contributed by atoms with Gasteiger partial charge in [0.15, 0.2) is 5.69 Å². The number of hydrogen-bond donors (Lipinski definition) is 1. The summed E-state index contributed by atoms with van der Waals surface area (Å²) < 4.78 is 61.8. The molecule has 16 heavy (non-hydrogen) atoms. The Morgan fingerprint density at radius 1 is 1.38 bits per heavy atom. The number of nitrogens with two attached hydrogens (primary N) is 1. The number of halogens is 5. The molecule has 0 unspecified atom stereocenters. The topological polar surface area (TPSA) is 62.7 Å². The van der Waals surface area contributed by atoms with E-state index in [0.717, 1.165) is 0 Å². The minimum Gasteiger partial charge on any atom is -0.384 e. The first-order chi connectivity index (χ1) is 7.27. The standard InChI is InChI=1S/C8H4F5N3/c9-7(10)5-3(2-14)1-4(15)16-6(5)8(11,12)13/h1,7H,(H2,15,16). The van der Waals surface area contributed by atoms with Gasteiger partial charge in [-0.25, -0.2) is 13.8 Å². The predicted molar refractivity (Wildman–Crippen MR) is 43.3 cm³/mol. The fourth-order valence-electron chi connectivity index (χ4n) is 1.10. The van der Waals surface area contributed by atoms with E-state index in [1.54, 1.807) is 0 Å². The van der Waals surface area contributed by atoms with Gasteiger partial charge in [-0.3, -0.25) is 0 Å². The summed E-state index contributed by atoms with van der Waals surface area (Å²) in [5.41, 5.74) is 0.908. The smallest absolute Gasteiger partial charge is 0.384 e. The molecule has 1 aromatic rings. The van der Waals surface area contributed by atoms with E-state index in [0.29, 0.717) is 6.07 Å². The summed E-state index contributed by atoms with van der Waals surface area (Å²) in [5.74, 6) is -0.631. The zero-order valence-corrected chi connectivity index (χ0v) is 7.52. The van der Waals surface area contributed by atoms with Crippen LogP contribution in [0.4, 0.5) is 27.8 Å². The molecule has 8 heteroatoms. The molecule has 3 nitrogen and oxygen atoms in total. The zero-order chi connectivity index (χ0) is 12.5. The SMILES string of the molecule is N#Cc1cc(N)nc(C(F)(F)F)c1C(F)F. The van der Waals surface area contributed by atoms with Crippen LogP contribution in [0.2, 0.25) is 0 Å². The number of alkyl halides is 5. The molecule has 2 N–H and O–H groups in total. The minimum atomic E-state index is -5.08. The minimum absolute atomic E-state index is 0.631. The summed E-state index contributed by atoms with van der Waals surface area (Å²) in [6, 6.07) is 1.91. The van der Waals surface area contributed by atoms with Crippen LogP contribution >= 0.6 is 0 Å². The van der Waals surface area contributed by atoms with Crippen molar-refractivity contribution >= 4 is 5.82 Å². The first-order valence-corrected chi connectivity index (χ1v) is 3.83. The van der Waals surface area contributed by atoms with Gasteiger partial charge in [-0.05, 0) is 6.07 Å². The van der Waals surface area contributed by atoms with Gasteiger partial charge in [-0.15, -0.1) is 0 Å². The third kappa shape index (κ3) is 2.18. The van der Waals surface area contributed by atoms with Gasteiger partial charge in [-0.2, -0.15) is 18.4 Å². The second kappa shape index (κ2) is 3.92. The quantitative estimate of drug-likeness (QED) is 0.763. The fraction of sp³-hybridized carbons (Fsp3) is 0.250. The van der Waals surface area contributed by atoms with Crippen LogP contribution in [0.25, 0.3) is 0 Å². The van der Waals surface area contributed by atoms with Crippen LogP contribution in [0.1, 0.15) is 23.2 Å². The van der Waals surface area contributed by atoms with E-state index in [1.165, 1.54) is 6.07 Å². The van der Waals surface area contributed by atoms with Crippen molar-refractivity contribution in [2.24, 2.45) is 0 Å². The van der Waals surface area contributed by atoms with Gasteiger partial charge in [-0.1, -0.05) is 0 Å². The molecule has 0 aliphatic heterocycles. The van der Waals surface area contributed by atoms with Gasteiger partial charge in [0.2, 0.25) is 0 Å². The van der Waals surface area contributed by atoms with Crippen molar-refractivity contribution in [1.29, 1.82) is 5.26 Å². The summed E-state index contributed by atoms with van der Waals surface area (Å²) in [6.45, 7) is 0. The summed E-state index contributed by atoms with van der Waals surface area (Å²) in [7, 11) is 0. The highest BCUT2D eigenvalue weighted by molar-refractivity contribution is 5.49. The molecule has 0 aromatic carbocycles. The molecular weight excluding hydrogens is 233 g/mol. The molecule has 1 rings (SSSR count). The number of aromatic nitrogens is 1. The molecule has 0 fully saturated rings. The van der Waals surface area contributed by atoms with E-state index in [2.05, 4.69) is 4.98 Å². The van der Waals surface area contributed by atoms with Gasteiger partial charge in [0.05, 0.1) is 17.2 Å². The first-order valence-electron chi connectivity index (χ1n) is 3.83. The summed E-state index contributed by atoms with van der Waals surface area (Å²) in [5, 5.41) is 8.45. The summed E-state index contributed by atoms with van der Waals surface area (Å²) >= 11 is 0. The Balaban J connectivity index is 3.59. The molecule has 1 heterocycles. The second-order valence-electron chi connectivity index (χ2n) is 2.77. The van der Waals surface area contributed by atoms with Gasteiger partial charge < -0.3 is 5.73 Å². The van der Waals surface area contributed by atoms with Crippen LogP contribution < -0.4 is 5.73 Å². The maximum atomic E-state index is 12.4. The van der Waals surface area contributed by atoms with E-state index in [4.69, 9.17) is 11.0 Å². The van der Waals surface area contributed by atoms with Crippen LogP contribution in [0, 0.1) is 11.3 Å². The summed E-state index contributed by atoms with van der Waals surface area (Å²) in [4.78, 5) is 2.80. The van der Waals surface area contributed by atoms with Crippen LogP contribution in [-0.4, -0.2) is 4.98 Å². The molecule has 86 valence electrons. The highest BCUT2D eigenvalue weighted by atomic mass is 19.4. The number of rotatable bonds is 1. The highest BCUT2D eigenvalue weighted by Gasteiger charge is 2.39. The second-order valence-corrected chi connectivity index (χ2v) is 2.77. The van der Waals surface area contributed by atoms with Crippen molar-refractivity contribution in [1.82, 2.24) is 4.98 Å². The number of anilines is 1. The Bertz CT molecular complexity index is 446. The number of pyridine rings is 1. The molecule has 0 bridgehead atoms. The van der Waals surface area contributed by atoms with Crippen molar-refractivity contribution in [2.45, 2.75) is 12.6 Å². The van der Waals surface area contributed by atoms with Crippen LogP contribution in [-0.2, 0) is 6.18 Å². The first kappa shape index (κ1) is 12.2. The Morgan fingerprint density at radius 2 is 1.94 bits per heavy atom. The Kier molecular flexibility index (Phi) is 2.98. The van der Waals surface area contributed by atoms with Crippen molar-refractivity contribution < 1.29 is 22.0 Å². The van der Waals surface area contributed by atoms with Gasteiger partial charge in [0, 0.05) is 0 Å². The van der Waals surface area contributed by atoms with Gasteiger partial charge >= 0.3 is 6.18 Å². The maximum Gasteiger partial charge on any atom is 0.433 e. The molecular formula is C8H4F5N3. The third-order valence-corrected chi connectivity index (χ3v) is 1.69. The van der Waals surface area contributed by atoms with Gasteiger partial charge in [0.25, 0.3) is 6.43 Å². The third-order valence-electron chi connectivity index (χ3n) is 1.69. The van der Waals surface area contributed by atoms with Crippen LogP contribution in [0.5, 0.6) is 0 Å². The molecule has 0 aliphatic carbocycles. The largest absolute Gasteiger partial charge is 0.433 e. The zero-order valence-electron chi connectivity index (χ0n) is 7.52. The number of nitriles is 1. The Labute approximate surface area is 86.3 Å². The average Bonchev–Trinajstić information content (AvgIpc) is 2.14. The lowest BCUT2D eigenvalue weighted by Gasteiger charge is -2.13. The van der Waals surface area contributed by atoms with E-state index in [1.807, 2.05) is 0 Å². The molecule has 1 aromatic heterocycles. The van der Waals surface area contributed by atoms with Crippen molar-refractivity contribution in [2.75, 3.05) is 5.73 Å². The lowest BCUT2D eigenvalue weighted by atomic mass is 10.1.